The van der Waals surface area contributed by atoms with Crippen molar-refractivity contribution in [1.29, 1.82) is 0 Å². The molecule has 0 aliphatic carbocycles. The highest BCUT2D eigenvalue weighted by Crippen LogP contribution is 2.14. The third-order valence-electron chi connectivity index (χ3n) is 2.43. The van der Waals surface area contributed by atoms with E-state index in [1.807, 2.05) is 6.92 Å². The highest BCUT2D eigenvalue weighted by molar-refractivity contribution is 5.76. The largest absolute Gasteiger partial charge is 0.493 e. The molecule has 0 aromatic heterocycles. The second-order valence-corrected chi connectivity index (χ2v) is 4.15. The van der Waals surface area contributed by atoms with Gasteiger partial charge in [-0.3, -0.25) is 4.79 Å². The SMILES string of the molecule is CC(CCO)NC(=O)CCOc1cccc(N)c1. The van der Waals surface area contributed by atoms with Gasteiger partial charge in [0.2, 0.25) is 5.91 Å². The van der Waals surface area contributed by atoms with Gasteiger partial charge in [-0.15, -0.1) is 0 Å². The lowest BCUT2D eigenvalue weighted by molar-refractivity contribution is -0.122. The number of nitrogen functional groups attached to an aromatic ring is 1. The van der Waals surface area contributed by atoms with Crippen LogP contribution in [-0.4, -0.2) is 30.3 Å². The summed E-state index contributed by atoms with van der Waals surface area (Å²) in [5.74, 6) is 0.575. The van der Waals surface area contributed by atoms with Gasteiger partial charge in [0.25, 0.3) is 0 Å². The Bertz CT molecular complexity index is 382. The van der Waals surface area contributed by atoms with E-state index in [0.29, 0.717) is 24.5 Å². The monoisotopic (exact) mass is 252 g/mol. The summed E-state index contributed by atoms with van der Waals surface area (Å²) in [6.45, 7) is 2.23. The normalized spacial score (nSPS) is 11.9. The first-order valence-electron chi connectivity index (χ1n) is 6.00. The molecule has 0 fully saturated rings. The number of nitrogens with one attached hydrogen (secondary N) is 1. The van der Waals surface area contributed by atoms with E-state index >= 15 is 0 Å². The van der Waals surface area contributed by atoms with Crippen LogP contribution in [0.4, 0.5) is 5.69 Å². The van der Waals surface area contributed by atoms with Gasteiger partial charge in [-0.1, -0.05) is 6.07 Å². The minimum absolute atomic E-state index is 0.0186. The first kappa shape index (κ1) is 14.3. The van der Waals surface area contributed by atoms with E-state index in [-0.39, 0.29) is 25.0 Å². The van der Waals surface area contributed by atoms with Crippen LogP contribution in [0.15, 0.2) is 24.3 Å². The Morgan fingerprint density at radius 1 is 1.56 bits per heavy atom. The molecule has 1 unspecified atom stereocenters. The number of nitrogens with two attached hydrogens (primary N) is 1. The van der Waals surface area contributed by atoms with E-state index in [2.05, 4.69) is 5.32 Å². The van der Waals surface area contributed by atoms with Crippen molar-refractivity contribution in [3.05, 3.63) is 24.3 Å². The number of aliphatic hydroxyl groups excluding tert-OH is 1. The predicted octanol–water partition coefficient (Wildman–Crippen LogP) is 0.925. The van der Waals surface area contributed by atoms with Crippen molar-refractivity contribution in [2.75, 3.05) is 18.9 Å². The molecule has 5 nitrogen and oxygen atoms in total. The molecule has 0 aliphatic heterocycles. The highest BCUT2D eigenvalue weighted by Gasteiger charge is 2.06. The summed E-state index contributed by atoms with van der Waals surface area (Å²) in [6, 6.07) is 7.06. The number of aliphatic hydroxyl groups is 1. The Kier molecular flexibility index (Phi) is 6.00. The lowest BCUT2D eigenvalue weighted by Crippen LogP contribution is -2.33. The number of ether oxygens (including phenoxy) is 1. The van der Waals surface area contributed by atoms with E-state index in [1.54, 1.807) is 24.3 Å². The van der Waals surface area contributed by atoms with Crippen molar-refractivity contribution in [3.8, 4) is 5.75 Å². The molecule has 0 bridgehead atoms. The van der Waals surface area contributed by atoms with Crippen LogP contribution in [0.3, 0.4) is 0 Å². The number of carbonyl (C=O) groups is 1. The number of rotatable bonds is 7. The fraction of sp³-hybridized carbons (Fsp3) is 0.462. The first-order chi connectivity index (χ1) is 8.61. The molecule has 4 N–H and O–H groups in total. The predicted molar refractivity (Wildman–Crippen MR) is 70.3 cm³/mol. The number of benzene rings is 1. The Morgan fingerprint density at radius 2 is 2.33 bits per heavy atom. The van der Waals surface area contributed by atoms with Crippen LogP contribution in [0.5, 0.6) is 5.75 Å². The van der Waals surface area contributed by atoms with Crippen LogP contribution < -0.4 is 15.8 Å². The van der Waals surface area contributed by atoms with Crippen LogP contribution in [0, 0.1) is 0 Å². The molecule has 1 aromatic carbocycles. The van der Waals surface area contributed by atoms with Crippen molar-refractivity contribution < 1.29 is 14.6 Å². The van der Waals surface area contributed by atoms with Gasteiger partial charge >= 0.3 is 0 Å². The number of carbonyl (C=O) groups excluding carboxylic acids is 1. The summed E-state index contributed by atoms with van der Waals surface area (Å²) in [5, 5.41) is 11.5. The van der Waals surface area contributed by atoms with Gasteiger partial charge in [-0.05, 0) is 25.5 Å². The standard InChI is InChI=1S/C13H20N2O3/c1-10(5-7-16)15-13(17)6-8-18-12-4-2-3-11(14)9-12/h2-4,9-10,16H,5-8,14H2,1H3,(H,15,17). The van der Waals surface area contributed by atoms with Gasteiger partial charge in [0.15, 0.2) is 0 Å². The Labute approximate surface area is 107 Å². The van der Waals surface area contributed by atoms with Crippen LogP contribution in [-0.2, 0) is 4.79 Å². The topological polar surface area (TPSA) is 84.6 Å². The first-order valence-corrected chi connectivity index (χ1v) is 6.00. The maximum Gasteiger partial charge on any atom is 0.223 e. The molecule has 0 aliphatic rings. The zero-order valence-electron chi connectivity index (χ0n) is 10.6. The number of hydrogen-bond donors (Lipinski definition) is 3. The molecular weight excluding hydrogens is 232 g/mol. The molecule has 0 spiro atoms. The molecule has 1 amide bonds. The smallest absolute Gasteiger partial charge is 0.223 e. The molecule has 100 valence electrons. The Hall–Kier alpha value is -1.75. The van der Waals surface area contributed by atoms with Gasteiger partial charge < -0.3 is 20.9 Å². The van der Waals surface area contributed by atoms with E-state index in [0.717, 1.165) is 0 Å². The Morgan fingerprint density at radius 3 is 3.00 bits per heavy atom. The lowest BCUT2D eigenvalue weighted by Gasteiger charge is -2.12. The van der Waals surface area contributed by atoms with Crippen molar-refractivity contribution in [3.63, 3.8) is 0 Å². The quantitative estimate of drug-likeness (QED) is 0.630. The average molecular weight is 252 g/mol. The molecule has 0 saturated carbocycles. The van der Waals surface area contributed by atoms with Gasteiger partial charge in [-0.2, -0.15) is 0 Å². The molecule has 1 atom stereocenters. The molecule has 0 saturated heterocycles. The van der Waals surface area contributed by atoms with Gasteiger partial charge in [0, 0.05) is 24.4 Å². The molecule has 18 heavy (non-hydrogen) atoms. The summed E-state index contributed by atoms with van der Waals surface area (Å²) in [7, 11) is 0. The fourth-order valence-corrected chi connectivity index (χ4v) is 1.48. The molecule has 1 rings (SSSR count). The number of amides is 1. The summed E-state index contributed by atoms with van der Waals surface area (Å²) >= 11 is 0. The number of anilines is 1. The minimum Gasteiger partial charge on any atom is -0.493 e. The second-order valence-electron chi connectivity index (χ2n) is 4.15. The van der Waals surface area contributed by atoms with Crippen molar-refractivity contribution in [2.24, 2.45) is 0 Å². The van der Waals surface area contributed by atoms with E-state index in [4.69, 9.17) is 15.6 Å². The maximum absolute atomic E-state index is 11.5. The zero-order valence-corrected chi connectivity index (χ0v) is 10.6. The van der Waals surface area contributed by atoms with E-state index in [9.17, 15) is 4.79 Å². The average Bonchev–Trinajstić information content (AvgIpc) is 2.29. The minimum atomic E-state index is -0.0835. The van der Waals surface area contributed by atoms with E-state index in [1.165, 1.54) is 0 Å². The molecule has 0 heterocycles. The van der Waals surface area contributed by atoms with Crippen molar-refractivity contribution in [1.82, 2.24) is 5.32 Å². The fourth-order valence-electron chi connectivity index (χ4n) is 1.48. The van der Waals surface area contributed by atoms with Crippen molar-refractivity contribution in [2.45, 2.75) is 25.8 Å². The van der Waals surface area contributed by atoms with Crippen LogP contribution >= 0.6 is 0 Å². The maximum atomic E-state index is 11.5. The Balaban J connectivity index is 2.23. The summed E-state index contributed by atoms with van der Waals surface area (Å²) in [5.41, 5.74) is 6.24. The second kappa shape index (κ2) is 7.55. The van der Waals surface area contributed by atoms with Gasteiger partial charge in [-0.25, -0.2) is 0 Å². The van der Waals surface area contributed by atoms with Crippen LogP contribution in [0.1, 0.15) is 19.8 Å². The summed E-state index contributed by atoms with van der Waals surface area (Å²) in [6.07, 6.45) is 0.840. The molecular formula is C13H20N2O3. The summed E-state index contributed by atoms with van der Waals surface area (Å²) < 4.78 is 5.41. The van der Waals surface area contributed by atoms with Gasteiger partial charge in [0.1, 0.15) is 5.75 Å². The summed E-state index contributed by atoms with van der Waals surface area (Å²) in [4.78, 5) is 11.5. The lowest BCUT2D eigenvalue weighted by atomic mass is 10.2. The molecule has 5 heteroatoms. The van der Waals surface area contributed by atoms with Crippen molar-refractivity contribution >= 4 is 11.6 Å². The van der Waals surface area contributed by atoms with E-state index < -0.39 is 0 Å². The molecule has 0 radical (unpaired) electrons. The third-order valence-corrected chi connectivity index (χ3v) is 2.43. The van der Waals surface area contributed by atoms with Crippen LogP contribution in [0.2, 0.25) is 0 Å². The number of hydrogen-bond acceptors (Lipinski definition) is 4. The zero-order chi connectivity index (χ0) is 13.4. The molecule has 1 aromatic rings. The van der Waals surface area contributed by atoms with Gasteiger partial charge in [0.05, 0.1) is 13.0 Å². The highest BCUT2D eigenvalue weighted by atomic mass is 16.5. The third kappa shape index (κ3) is 5.54. The van der Waals surface area contributed by atoms with Crippen LogP contribution in [0.25, 0.3) is 0 Å².